The smallest absolute Gasteiger partial charge is 0.326 e. The summed E-state index contributed by atoms with van der Waals surface area (Å²) in [4.78, 5) is 36.5. The van der Waals surface area contributed by atoms with Gasteiger partial charge >= 0.3 is 5.97 Å². The fourth-order valence-corrected chi connectivity index (χ4v) is 2.74. The number of carbonyl (C=O) groups excluding carboxylic acids is 2. The molecule has 0 aliphatic heterocycles. The Labute approximate surface area is 168 Å². The van der Waals surface area contributed by atoms with Crippen LogP contribution in [0.25, 0.3) is 0 Å². The average Bonchev–Trinajstić information content (AvgIpc) is 2.73. The van der Waals surface area contributed by atoms with Gasteiger partial charge in [0.1, 0.15) is 18.1 Å². The van der Waals surface area contributed by atoms with E-state index in [1.54, 1.807) is 48.5 Å². The van der Waals surface area contributed by atoms with E-state index in [9.17, 15) is 19.5 Å². The minimum Gasteiger partial charge on any atom is -0.480 e. The second-order valence-corrected chi connectivity index (χ2v) is 6.63. The third-order valence-electron chi connectivity index (χ3n) is 4.35. The molecule has 8 heteroatoms. The molecule has 2 amide bonds. The maximum absolute atomic E-state index is 12.8. The van der Waals surface area contributed by atoms with Gasteiger partial charge in [0.2, 0.25) is 11.8 Å². The van der Waals surface area contributed by atoms with E-state index in [0.717, 1.165) is 11.1 Å². The Kier molecular flexibility index (Phi) is 8.32. The van der Waals surface area contributed by atoms with Crippen LogP contribution in [0.4, 0.5) is 0 Å². The zero-order valence-electron chi connectivity index (χ0n) is 15.8. The van der Waals surface area contributed by atoms with Crippen molar-refractivity contribution in [3.8, 4) is 0 Å². The molecule has 3 unspecified atom stereocenters. The summed E-state index contributed by atoms with van der Waals surface area (Å²) < 4.78 is 0. The van der Waals surface area contributed by atoms with E-state index in [-0.39, 0.29) is 12.8 Å². The standard InChI is InChI=1S/C21H25N3O5/c22-16(13-25)19(26)23-17(11-14-7-3-1-4-8-14)20(27)24-18(21(28)29)12-15-9-5-2-6-10-15/h1-10,16-18,25H,11-13,22H2,(H,23,26)(H,24,27)(H,28,29). The monoisotopic (exact) mass is 399 g/mol. The SMILES string of the molecule is NC(CO)C(=O)NC(Cc1ccccc1)C(=O)NC(Cc1ccccc1)C(=O)O. The molecule has 6 N–H and O–H groups in total. The molecular formula is C21H25N3O5. The van der Waals surface area contributed by atoms with Crippen LogP contribution < -0.4 is 16.4 Å². The van der Waals surface area contributed by atoms with Crippen LogP contribution in [-0.2, 0) is 27.2 Å². The van der Waals surface area contributed by atoms with Crippen LogP contribution in [0, 0.1) is 0 Å². The highest BCUT2D eigenvalue weighted by atomic mass is 16.4. The number of hydrogen-bond acceptors (Lipinski definition) is 5. The number of aliphatic hydroxyl groups is 1. The van der Waals surface area contributed by atoms with E-state index in [1.165, 1.54) is 0 Å². The van der Waals surface area contributed by atoms with Crippen molar-refractivity contribution in [1.29, 1.82) is 0 Å². The highest BCUT2D eigenvalue weighted by molar-refractivity contribution is 5.92. The molecule has 0 aliphatic rings. The van der Waals surface area contributed by atoms with Crippen LogP contribution in [0.1, 0.15) is 11.1 Å². The highest BCUT2D eigenvalue weighted by Gasteiger charge is 2.28. The maximum Gasteiger partial charge on any atom is 0.326 e. The molecule has 0 heterocycles. The fourth-order valence-electron chi connectivity index (χ4n) is 2.74. The van der Waals surface area contributed by atoms with Gasteiger partial charge in [-0.05, 0) is 11.1 Å². The molecule has 0 aliphatic carbocycles. The number of hydrogen-bond donors (Lipinski definition) is 5. The van der Waals surface area contributed by atoms with Crippen molar-refractivity contribution in [1.82, 2.24) is 10.6 Å². The molecule has 2 aromatic carbocycles. The Bertz CT molecular complexity index is 814. The third-order valence-corrected chi connectivity index (χ3v) is 4.35. The predicted octanol–water partition coefficient (Wildman–Crippen LogP) is -0.154. The molecule has 0 aromatic heterocycles. The van der Waals surface area contributed by atoms with E-state index < -0.39 is 42.5 Å². The summed E-state index contributed by atoms with van der Waals surface area (Å²) in [5, 5.41) is 23.6. The maximum atomic E-state index is 12.8. The molecule has 0 saturated heterocycles. The number of rotatable bonds is 10. The van der Waals surface area contributed by atoms with Gasteiger partial charge in [0.15, 0.2) is 0 Å². The first-order valence-corrected chi connectivity index (χ1v) is 9.18. The van der Waals surface area contributed by atoms with Crippen molar-refractivity contribution >= 4 is 17.8 Å². The lowest BCUT2D eigenvalue weighted by Crippen LogP contribution is -2.56. The number of aliphatic carboxylic acids is 1. The first kappa shape index (κ1) is 22.1. The lowest BCUT2D eigenvalue weighted by molar-refractivity contribution is -0.142. The quantitative estimate of drug-likeness (QED) is 0.376. The van der Waals surface area contributed by atoms with Crippen molar-refractivity contribution in [3.05, 3.63) is 71.8 Å². The summed E-state index contributed by atoms with van der Waals surface area (Å²) in [6, 6.07) is 14.5. The van der Waals surface area contributed by atoms with Gasteiger partial charge in [-0.1, -0.05) is 60.7 Å². The second-order valence-electron chi connectivity index (χ2n) is 6.63. The molecule has 0 bridgehead atoms. The first-order valence-electron chi connectivity index (χ1n) is 9.18. The number of benzene rings is 2. The Balaban J connectivity index is 2.15. The van der Waals surface area contributed by atoms with E-state index >= 15 is 0 Å². The lowest BCUT2D eigenvalue weighted by atomic mass is 10.0. The van der Waals surface area contributed by atoms with Crippen LogP contribution in [0.2, 0.25) is 0 Å². The molecule has 154 valence electrons. The molecule has 0 fully saturated rings. The number of carbonyl (C=O) groups is 3. The van der Waals surface area contributed by atoms with Gasteiger partial charge in [0, 0.05) is 12.8 Å². The van der Waals surface area contributed by atoms with Crippen LogP contribution in [0.3, 0.4) is 0 Å². The number of aliphatic hydroxyl groups excluding tert-OH is 1. The van der Waals surface area contributed by atoms with Crippen LogP contribution in [0.15, 0.2) is 60.7 Å². The molecule has 0 spiro atoms. The van der Waals surface area contributed by atoms with Crippen molar-refractivity contribution in [2.45, 2.75) is 31.0 Å². The predicted molar refractivity (Wildman–Crippen MR) is 107 cm³/mol. The molecule has 2 rings (SSSR count). The summed E-state index contributed by atoms with van der Waals surface area (Å²) in [7, 11) is 0. The molecule has 8 nitrogen and oxygen atoms in total. The zero-order chi connectivity index (χ0) is 21.2. The molecular weight excluding hydrogens is 374 g/mol. The van der Waals surface area contributed by atoms with Crippen LogP contribution in [0.5, 0.6) is 0 Å². The lowest BCUT2D eigenvalue weighted by Gasteiger charge is -2.23. The summed E-state index contributed by atoms with van der Waals surface area (Å²) in [6.07, 6.45) is 0.248. The molecule has 2 aromatic rings. The summed E-state index contributed by atoms with van der Waals surface area (Å²) in [6.45, 7) is -0.572. The summed E-state index contributed by atoms with van der Waals surface area (Å²) >= 11 is 0. The van der Waals surface area contributed by atoms with Gasteiger partial charge < -0.3 is 26.6 Å². The summed E-state index contributed by atoms with van der Waals surface area (Å²) in [5.41, 5.74) is 7.06. The average molecular weight is 399 g/mol. The first-order chi connectivity index (χ1) is 13.9. The van der Waals surface area contributed by atoms with Crippen LogP contribution in [-0.4, -0.2) is 52.7 Å². The topological polar surface area (TPSA) is 142 Å². The Morgan fingerprint density at radius 1 is 0.793 bits per heavy atom. The van der Waals surface area contributed by atoms with Gasteiger partial charge in [0.25, 0.3) is 0 Å². The van der Waals surface area contributed by atoms with Crippen LogP contribution >= 0.6 is 0 Å². The largest absolute Gasteiger partial charge is 0.480 e. The summed E-state index contributed by atoms with van der Waals surface area (Å²) in [5.74, 6) is -2.52. The van der Waals surface area contributed by atoms with E-state index in [1.807, 2.05) is 12.1 Å². The Hall–Kier alpha value is -3.23. The number of nitrogens with one attached hydrogen (secondary N) is 2. The van der Waals surface area contributed by atoms with Crippen molar-refractivity contribution in [2.75, 3.05) is 6.61 Å². The minimum atomic E-state index is -1.18. The molecule has 3 atom stereocenters. The molecule has 29 heavy (non-hydrogen) atoms. The van der Waals surface area contributed by atoms with Gasteiger partial charge in [-0.15, -0.1) is 0 Å². The molecule has 0 radical (unpaired) electrons. The van der Waals surface area contributed by atoms with Crippen molar-refractivity contribution in [2.24, 2.45) is 5.73 Å². The highest BCUT2D eigenvalue weighted by Crippen LogP contribution is 2.07. The number of amides is 2. The van der Waals surface area contributed by atoms with E-state index in [4.69, 9.17) is 10.8 Å². The number of carboxylic acid groups (broad SMARTS) is 1. The number of carboxylic acids is 1. The van der Waals surface area contributed by atoms with Gasteiger partial charge in [-0.2, -0.15) is 0 Å². The molecule has 0 saturated carbocycles. The minimum absolute atomic E-state index is 0.101. The fraction of sp³-hybridized carbons (Fsp3) is 0.286. The zero-order valence-corrected chi connectivity index (χ0v) is 15.8. The third kappa shape index (κ3) is 7.02. The Morgan fingerprint density at radius 2 is 1.24 bits per heavy atom. The van der Waals surface area contributed by atoms with Gasteiger partial charge in [-0.25, -0.2) is 4.79 Å². The van der Waals surface area contributed by atoms with E-state index in [2.05, 4.69) is 10.6 Å². The Morgan fingerprint density at radius 3 is 1.69 bits per heavy atom. The van der Waals surface area contributed by atoms with E-state index in [0.29, 0.717) is 0 Å². The number of nitrogens with two attached hydrogens (primary N) is 1. The van der Waals surface area contributed by atoms with Gasteiger partial charge in [-0.3, -0.25) is 9.59 Å². The van der Waals surface area contributed by atoms with Gasteiger partial charge in [0.05, 0.1) is 6.61 Å². The van der Waals surface area contributed by atoms with Crippen molar-refractivity contribution in [3.63, 3.8) is 0 Å². The second kappa shape index (κ2) is 10.9. The van der Waals surface area contributed by atoms with Crippen molar-refractivity contribution < 1.29 is 24.6 Å². The normalized spacial score (nSPS) is 13.7.